The number of benzene rings is 1. The first-order chi connectivity index (χ1) is 12.5. The Morgan fingerprint density at radius 1 is 1.30 bits per heavy atom. The van der Waals surface area contributed by atoms with E-state index in [1.165, 1.54) is 11.1 Å². The van der Waals surface area contributed by atoms with Crippen molar-refractivity contribution < 1.29 is 4.79 Å². The van der Waals surface area contributed by atoms with Gasteiger partial charge in [0, 0.05) is 38.6 Å². The smallest absolute Gasteiger partial charge is 0.222 e. The first-order valence-corrected chi connectivity index (χ1v) is 9.57. The Kier molecular flexibility index (Phi) is 10.7. The number of likely N-dealkylation sites (tertiary alicyclic amines) is 1. The normalized spacial score (nSPS) is 17.0. The Labute approximate surface area is 180 Å². The van der Waals surface area contributed by atoms with Crippen LogP contribution in [0.2, 0.25) is 0 Å². The number of hydrogen-bond acceptors (Lipinski definition) is 3. The predicted molar refractivity (Wildman–Crippen MR) is 122 cm³/mol. The minimum Gasteiger partial charge on any atom is -0.357 e. The first kappa shape index (κ1) is 23.7. The summed E-state index contributed by atoms with van der Waals surface area (Å²) < 4.78 is 0. The molecule has 0 spiro atoms. The van der Waals surface area contributed by atoms with Crippen LogP contribution in [0.3, 0.4) is 0 Å². The van der Waals surface area contributed by atoms with Gasteiger partial charge in [-0.3, -0.25) is 4.79 Å². The van der Waals surface area contributed by atoms with Gasteiger partial charge in [0.25, 0.3) is 0 Å². The first-order valence-electron chi connectivity index (χ1n) is 9.57. The molecule has 0 radical (unpaired) electrons. The van der Waals surface area contributed by atoms with Crippen LogP contribution in [0.15, 0.2) is 29.3 Å². The summed E-state index contributed by atoms with van der Waals surface area (Å²) in [5.41, 5.74) is 2.50. The molecule has 2 rings (SSSR count). The molecule has 1 atom stereocenters. The molecule has 1 aliphatic heterocycles. The highest BCUT2D eigenvalue weighted by Gasteiger charge is 2.25. The molecule has 0 bridgehead atoms. The molecule has 1 saturated heterocycles. The van der Waals surface area contributed by atoms with Gasteiger partial charge >= 0.3 is 0 Å². The molecule has 1 aromatic carbocycles. The molecule has 2 N–H and O–H groups in total. The van der Waals surface area contributed by atoms with Crippen molar-refractivity contribution in [3.05, 3.63) is 35.4 Å². The van der Waals surface area contributed by atoms with Crippen molar-refractivity contribution in [2.24, 2.45) is 4.99 Å². The number of aliphatic imine (C=N–C) groups is 1. The average Bonchev–Trinajstić information content (AvgIpc) is 3.07. The zero-order chi connectivity index (χ0) is 18.9. The summed E-state index contributed by atoms with van der Waals surface area (Å²) in [4.78, 5) is 20.7. The second kappa shape index (κ2) is 12.2. The fourth-order valence-electron chi connectivity index (χ4n) is 3.20. The molecule has 7 heteroatoms. The maximum atomic E-state index is 11.8. The van der Waals surface area contributed by atoms with Gasteiger partial charge in [-0.2, -0.15) is 0 Å². The fraction of sp³-hybridized carbons (Fsp3) is 0.600. The van der Waals surface area contributed by atoms with Gasteiger partial charge in [0.2, 0.25) is 5.91 Å². The molecule has 1 fully saturated rings. The van der Waals surface area contributed by atoms with E-state index < -0.39 is 0 Å². The monoisotopic (exact) mass is 487 g/mol. The van der Waals surface area contributed by atoms with Gasteiger partial charge in [-0.1, -0.05) is 31.2 Å². The van der Waals surface area contributed by atoms with Crippen LogP contribution in [0.25, 0.3) is 0 Å². The summed E-state index contributed by atoms with van der Waals surface area (Å²) in [6.45, 7) is 7.96. The largest absolute Gasteiger partial charge is 0.357 e. The highest BCUT2D eigenvalue weighted by Crippen LogP contribution is 2.11. The number of halogens is 1. The van der Waals surface area contributed by atoms with E-state index in [4.69, 9.17) is 4.99 Å². The van der Waals surface area contributed by atoms with E-state index in [9.17, 15) is 4.79 Å². The Morgan fingerprint density at radius 3 is 2.70 bits per heavy atom. The third-order valence-electron chi connectivity index (χ3n) is 4.44. The van der Waals surface area contributed by atoms with Crippen molar-refractivity contribution in [2.75, 3.05) is 33.7 Å². The SMILES string of the molecule is CCNC(=NCc1cccc(CN(C)C)c1)NC1CCN(C(=O)CC)C1.I. The van der Waals surface area contributed by atoms with E-state index in [0.29, 0.717) is 13.0 Å². The van der Waals surface area contributed by atoms with E-state index in [-0.39, 0.29) is 35.9 Å². The molecule has 27 heavy (non-hydrogen) atoms. The van der Waals surface area contributed by atoms with E-state index in [1.54, 1.807) is 0 Å². The van der Waals surface area contributed by atoms with Gasteiger partial charge in [0.15, 0.2) is 5.96 Å². The summed E-state index contributed by atoms with van der Waals surface area (Å²) in [6.07, 6.45) is 1.54. The van der Waals surface area contributed by atoms with Gasteiger partial charge < -0.3 is 20.4 Å². The standard InChI is InChI=1S/C20H33N5O.HI/c1-5-19(26)25-11-10-18(15-25)23-20(21-6-2)22-13-16-8-7-9-17(12-16)14-24(3)4;/h7-9,12,18H,5-6,10-11,13-15H2,1-4H3,(H2,21,22,23);1H. The van der Waals surface area contributed by atoms with Crippen LogP contribution in [-0.4, -0.2) is 61.4 Å². The van der Waals surface area contributed by atoms with Crippen molar-refractivity contribution in [1.29, 1.82) is 0 Å². The minimum absolute atomic E-state index is 0. The number of guanidine groups is 1. The number of carbonyl (C=O) groups excluding carboxylic acids is 1. The van der Waals surface area contributed by atoms with E-state index in [0.717, 1.165) is 38.6 Å². The molecule has 0 aliphatic carbocycles. The highest BCUT2D eigenvalue weighted by molar-refractivity contribution is 14.0. The third kappa shape index (κ3) is 8.04. The quantitative estimate of drug-likeness (QED) is 0.353. The topological polar surface area (TPSA) is 60.0 Å². The van der Waals surface area contributed by atoms with Crippen LogP contribution in [0.5, 0.6) is 0 Å². The number of carbonyl (C=O) groups is 1. The van der Waals surface area contributed by atoms with Crippen LogP contribution in [0.1, 0.15) is 37.8 Å². The van der Waals surface area contributed by atoms with Gasteiger partial charge in [-0.15, -0.1) is 24.0 Å². The number of hydrogen-bond donors (Lipinski definition) is 2. The summed E-state index contributed by atoms with van der Waals surface area (Å²) in [7, 11) is 4.15. The molecular weight excluding hydrogens is 453 g/mol. The van der Waals surface area contributed by atoms with Gasteiger partial charge in [0.05, 0.1) is 6.54 Å². The van der Waals surface area contributed by atoms with E-state index in [2.05, 4.69) is 60.8 Å². The van der Waals surface area contributed by atoms with Crippen LogP contribution < -0.4 is 10.6 Å². The molecule has 0 saturated carbocycles. The Morgan fingerprint density at radius 2 is 2.04 bits per heavy atom. The summed E-state index contributed by atoms with van der Waals surface area (Å²) in [6, 6.07) is 8.83. The lowest BCUT2D eigenvalue weighted by atomic mass is 10.1. The second-order valence-electron chi connectivity index (χ2n) is 7.08. The molecule has 0 aromatic heterocycles. The third-order valence-corrected chi connectivity index (χ3v) is 4.44. The number of amides is 1. The van der Waals surface area contributed by atoms with Gasteiger partial charge in [-0.25, -0.2) is 4.99 Å². The van der Waals surface area contributed by atoms with Crippen molar-refractivity contribution in [2.45, 2.75) is 45.8 Å². The van der Waals surface area contributed by atoms with Crippen molar-refractivity contribution >= 4 is 35.8 Å². The minimum atomic E-state index is 0. The molecule has 1 heterocycles. The van der Waals surface area contributed by atoms with Gasteiger partial charge in [-0.05, 0) is 38.6 Å². The highest BCUT2D eigenvalue weighted by atomic mass is 127. The van der Waals surface area contributed by atoms with Crippen molar-refractivity contribution in [1.82, 2.24) is 20.4 Å². The van der Waals surface area contributed by atoms with Crippen LogP contribution >= 0.6 is 24.0 Å². The number of rotatable bonds is 7. The summed E-state index contributed by atoms with van der Waals surface area (Å²) in [5.74, 6) is 1.05. The maximum Gasteiger partial charge on any atom is 0.222 e. The van der Waals surface area contributed by atoms with Crippen LogP contribution in [0.4, 0.5) is 0 Å². The predicted octanol–water partition coefficient (Wildman–Crippen LogP) is 2.43. The molecule has 6 nitrogen and oxygen atoms in total. The summed E-state index contributed by atoms with van der Waals surface area (Å²) in [5, 5.41) is 6.79. The number of nitrogens with one attached hydrogen (secondary N) is 2. The van der Waals surface area contributed by atoms with Crippen LogP contribution in [-0.2, 0) is 17.9 Å². The lowest BCUT2D eigenvalue weighted by molar-refractivity contribution is -0.129. The van der Waals surface area contributed by atoms with E-state index >= 15 is 0 Å². The van der Waals surface area contributed by atoms with Crippen LogP contribution in [0, 0.1) is 0 Å². The average molecular weight is 487 g/mol. The molecular formula is C20H34IN5O. The van der Waals surface area contributed by atoms with Crippen molar-refractivity contribution in [3.63, 3.8) is 0 Å². The number of nitrogens with zero attached hydrogens (tertiary/aromatic N) is 3. The van der Waals surface area contributed by atoms with Gasteiger partial charge in [0.1, 0.15) is 0 Å². The molecule has 152 valence electrons. The molecule has 1 amide bonds. The second-order valence-corrected chi connectivity index (χ2v) is 7.08. The fourth-order valence-corrected chi connectivity index (χ4v) is 3.20. The Balaban J connectivity index is 0.00000364. The zero-order valence-corrected chi connectivity index (χ0v) is 19.3. The Hall–Kier alpha value is -1.35. The zero-order valence-electron chi connectivity index (χ0n) is 17.0. The maximum absolute atomic E-state index is 11.8. The molecule has 1 aliphatic rings. The van der Waals surface area contributed by atoms with E-state index in [1.807, 2.05) is 11.8 Å². The van der Waals surface area contributed by atoms with Crippen molar-refractivity contribution in [3.8, 4) is 0 Å². The summed E-state index contributed by atoms with van der Waals surface area (Å²) >= 11 is 0. The lowest BCUT2D eigenvalue weighted by Crippen LogP contribution is -2.45. The Bertz CT molecular complexity index is 620. The lowest BCUT2D eigenvalue weighted by Gasteiger charge is -2.18. The molecule has 1 aromatic rings. The molecule has 1 unspecified atom stereocenters.